The van der Waals surface area contributed by atoms with E-state index in [0.717, 1.165) is 17.5 Å². The molecular formula is C29H31N5O3. The number of benzene rings is 3. The number of hydrogen-bond donors (Lipinski definition) is 4. The predicted molar refractivity (Wildman–Crippen MR) is 145 cm³/mol. The van der Waals surface area contributed by atoms with Crippen LogP contribution in [-0.4, -0.2) is 47.8 Å². The van der Waals surface area contributed by atoms with Gasteiger partial charge in [0.1, 0.15) is 5.54 Å². The highest BCUT2D eigenvalue weighted by atomic mass is 16.2. The van der Waals surface area contributed by atoms with Crippen LogP contribution in [-0.2, 0) is 9.59 Å². The number of nitrogens with two attached hydrogens (primary N) is 1. The molecule has 0 spiro atoms. The molecular weight excluding hydrogens is 466 g/mol. The van der Waals surface area contributed by atoms with Crippen molar-refractivity contribution in [2.24, 2.45) is 0 Å². The molecule has 0 aliphatic carbocycles. The lowest BCUT2D eigenvalue weighted by molar-refractivity contribution is -0.143. The number of likely N-dealkylation sites (tertiary alicyclic amines) is 1. The summed E-state index contributed by atoms with van der Waals surface area (Å²) in [4.78, 5) is 40.7. The number of nitrogens with one attached hydrogen (secondary N) is 3. The second kappa shape index (κ2) is 10.4. The van der Waals surface area contributed by atoms with Crippen molar-refractivity contribution >= 4 is 34.8 Å². The van der Waals surface area contributed by atoms with Crippen molar-refractivity contribution in [3.05, 3.63) is 78.4 Å². The van der Waals surface area contributed by atoms with Crippen LogP contribution >= 0.6 is 0 Å². The first-order valence-corrected chi connectivity index (χ1v) is 12.7. The summed E-state index contributed by atoms with van der Waals surface area (Å²) in [5, 5.41) is 9.16. The van der Waals surface area contributed by atoms with E-state index in [0.29, 0.717) is 61.5 Å². The lowest BCUT2D eigenvalue weighted by atomic mass is 9.85. The maximum atomic E-state index is 13.4. The Kier molecular flexibility index (Phi) is 6.92. The number of piperidine rings is 1. The van der Waals surface area contributed by atoms with Crippen molar-refractivity contribution in [2.75, 3.05) is 36.0 Å². The summed E-state index contributed by atoms with van der Waals surface area (Å²) in [5.41, 5.74) is 9.29. The number of amides is 3. The molecule has 0 bridgehead atoms. The summed E-state index contributed by atoms with van der Waals surface area (Å²) < 4.78 is 0. The van der Waals surface area contributed by atoms with Crippen LogP contribution in [0.2, 0.25) is 0 Å². The quantitative estimate of drug-likeness (QED) is 0.386. The molecule has 8 heteroatoms. The normalized spacial score (nSPS) is 16.9. The Bertz CT molecular complexity index is 1300. The molecule has 0 unspecified atom stereocenters. The molecule has 3 amide bonds. The molecule has 5 rings (SSSR count). The zero-order valence-electron chi connectivity index (χ0n) is 20.6. The Morgan fingerprint density at radius 1 is 0.892 bits per heavy atom. The number of hydrogen-bond acceptors (Lipinski definition) is 5. The number of anilines is 3. The second-order valence-electron chi connectivity index (χ2n) is 9.58. The van der Waals surface area contributed by atoms with Gasteiger partial charge in [-0.3, -0.25) is 14.4 Å². The third-order valence-electron chi connectivity index (χ3n) is 7.26. The van der Waals surface area contributed by atoms with Crippen molar-refractivity contribution < 1.29 is 14.4 Å². The van der Waals surface area contributed by atoms with Crippen LogP contribution in [0.25, 0.3) is 11.1 Å². The van der Waals surface area contributed by atoms with Crippen LogP contribution in [0.4, 0.5) is 17.1 Å². The van der Waals surface area contributed by atoms with Crippen molar-refractivity contribution in [2.45, 2.75) is 31.2 Å². The topological polar surface area (TPSA) is 117 Å². The molecule has 8 nitrogen and oxygen atoms in total. The van der Waals surface area contributed by atoms with Crippen LogP contribution in [0, 0.1) is 0 Å². The molecule has 37 heavy (non-hydrogen) atoms. The number of nitrogen functional groups attached to an aromatic ring is 1. The van der Waals surface area contributed by atoms with E-state index < -0.39 is 5.54 Å². The summed E-state index contributed by atoms with van der Waals surface area (Å²) in [6.07, 6.45) is 2.43. The standard InChI is InChI=1S/C29H31N5O3/c30-24-13-10-22(20-5-2-1-3-6-20)19-25(24)33-27(36)21-8-11-23(12-9-21)32-28(37)29(14-16-31-17-15-29)34-18-4-7-26(34)35/h1-3,5-6,8-13,19,31H,4,7,14-18,30H2,(H,32,37)(H,33,36). The van der Waals surface area contributed by atoms with Gasteiger partial charge in [0, 0.05) is 24.2 Å². The van der Waals surface area contributed by atoms with Gasteiger partial charge in [0.05, 0.1) is 11.4 Å². The molecule has 2 aliphatic heterocycles. The molecule has 3 aromatic carbocycles. The predicted octanol–water partition coefficient (Wildman–Crippen LogP) is 3.87. The SMILES string of the molecule is Nc1ccc(-c2ccccc2)cc1NC(=O)c1ccc(NC(=O)C2(N3CCCC3=O)CCNCC2)cc1. The molecule has 2 heterocycles. The summed E-state index contributed by atoms with van der Waals surface area (Å²) >= 11 is 0. The highest BCUT2D eigenvalue weighted by Gasteiger charge is 2.48. The molecule has 3 aromatic rings. The monoisotopic (exact) mass is 497 g/mol. The second-order valence-corrected chi connectivity index (χ2v) is 9.58. The van der Waals surface area contributed by atoms with Crippen LogP contribution in [0.1, 0.15) is 36.0 Å². The summed E-state index contributed by atoms with van der Waals surface area (Å²) in [7, 11) is 0. The average Bonchev–Trinajstić information content (AvgIpc) is 3.37. The lowest BCUT2D eigenvalue weighted by Crippen LogP contribution is -2.61. The minimum atomic E-state index is -0.837. The first kappa shape index (κ1) is 24.5. The molecule has 190 valence electrons. The lowest BCUT2D eigenvalue weighted by Gasteiger charge is -2.43. The number of rotatable bonds is 6. The van der Waals surface area contributed by atoms with Crippen LogP contribution < -0.4 is 21.7 Å². The molecule has 2 aliphatic rings. The zero-order valence-corrected chi connectivity index (χ0v) is 20.6. The van der Waals surface area contributed by atoms with Gasteiger partial charge in [-0.15, -0.1) is 0 Å². The fourth-order valence-corrected chi connectivity index (χ4v) is 5.18. The van der Waals surface area contributed by atoms with Gasteiger partial charge in [-0.25, -0.2) is 0 Å². The molecule has 2 fully saturated rings. The Morgan fingerprint density at radius 3 is 2.30 bits per heavy atom. The largest absolute Gasteiger partial charge is 0.397 e. The Hall–Kier alpha value is -4.17. The van der Waals surface area contributed by atoms with E-state index in [1.54, 1.807) is 35.2 Å². The van der Waals surface area contributed by atoms with E-state index in [-0.39, 0.29) is 17.7 Å². The third-order valence-corrected chi connectivity index (χ3v) is 7.26. The van der Waals surface area contributed by atoms with Gasteiger partial charge < -0.3 is 26.6 Å². The highest BCUT2D eigenvalue weighted by Crippen LogP contribution is 2.32. The van der Waals surface area contributed by atoms with E-state index in [2.05, 4.69) is 16.0 Å². The Morgan fingerprint density at radius 2 is 1.62 bits per heavy atom. The van der Waals surface area contributed by atoms with E-state index >= 15 is 0 Å². The van der Waals surface area contributed by atoms with E-state index in [1.165, 1.54) is 0 Å². The van der Waals surface area contributed by atoms with Gasteiger partial charge in [0.15, 0.2) is 0 Å². The third kappa shape index (κ3) is 5.06. The van der Waals surface area contributed by atoms with Gasteiger partial charge in [0.2, 0.25) is 11.8 Å². The van der Waals surface area contributed by atoms with Crippen LogP contribution in [0.3, 0.4) is 0 Å². The van der Waals surface area contributed by atoms with Gasteiger partial charge in [-0.1, -0.05) is 36.4 Å². The smallest absolute Gasteiger partial charge is 0.255 e. The molecule has 2 saturated heterocycles. The van der Waals surface area contributed by atoms with Crippen molar-refractivity contribution in [1.82, 2.24) is 10.2 Å². The average molecular weight is 498 g/mol. The molecule has 0 radical (unpaired) electrons. The van der Waals surface area contributed by atoms with Crippen LogP contribution in [0.15, 0.2) is 72.8 Å². The van der Waals surface area contributed by atoms with Gasteiger partial charge in [-0.2, -0.15) is 0 Å². The van der Waals surface area contributed by atoms with Gasteiger partial charge in [-0.05, 0) is 79.9 Å². The molecule has 5 N–H and O–H groups in total. The van der Waals surface area contributed by atoms with Crippen molar-refractivity contribution in [3.8, 4) is 11.1 Å². The van der Waals surface area contributed by atoms with E-state index in [4.69, 9.17) is 5.73 Å². The van der Waals surface area contributed by atoms with Crippen molar-refractivity contribution in [3.63, 3.8) is 0 Å². The zero-order chi connectivity index (χ0) is 25.8. The first-order valence-electron chi connectivity index (χ1n) is 12.7. The summed E-state index contributed by atoms with van der Waals surface area (Å²) in [5.74, 6) is -0.432. The number of carbonyl (C=O) groups is 3. The maximum Gasteiger partial charge on any atom is 0.255 e. The molecule has 0 saturated carbocycles. The van der Waals surface area contributed by atoms with E-state index in [1.807, 2.05) is 42.5 Å². The Labute approximate surface area is 216 Å². The van der Waals surface area contributed by atoms with Gasteiger partial charge >= 0.3 is 0 Å². The molecule has 0 atom stereocenters. The minimum absolute atomic E-state index is 0.0414. The number of carbonyl (C=O) groups excluding carboxylic acids is 3. The number of nitrogens with zero attached hydrogens (tertiary/aromatic N) is 1. The fourth-order valence-electron chi connectivity index (χ4n) is 5.18. The molecule has 0 aromatic heterocycles. The van der Waals surface area contributed by atoms with Gasteiger partial charge in [0.25, 0.3) is 5.91 Å². The minimum Gasteiger partial charge on any atom is -0.397 e. The Balaban J connectivity index is 1.28. The fraction of sp³-hybridized carbons (Fsp3) is 0.276. The summed E-state index contributed by atoms with van der Waals surface area (Å²) in [6, 6.07) is 22.2. The summed E-state index contributed by atoms with van der Waals surface area (Å²) in [6.45, 7) is 1.98. The highest BCUT2D eigenvalue weighted by molar-refractivity contribution is 6.07. The van der Waals surface area contributed by atoms with E-state index in [9.17, 15) is 14.4 Å². The maximum absolute atomic E-state index is 13.4. The first-order chi connectivity index (χ1) is 18.0. The van der Waals surface area contributed by atoms with Crippen LogP contribution in [0.5, 0.6) is 0 Å². The van der Waals surface area contributed by atoms with Crippen molar-refractivity contribution in [1.29, 1.82) is 0 Å².